The van der Waals surface area contributed by atoms with E-state index in [-0.39, 0.29) is 6.04 Å². The third-order valence-electron chi connectivity index (χ3n) is 3.22. The van der Waals surface area contributed by atoms with Crippen molar-refractivity contribution in [3.63, 3.8) is 0 Å². The van der Waals surface area contributed by atoms with Crippen LogP contribution in [-0.4, -0.2) is 14.5 Å². The lowest BCUT2D eigenvalue weighted by atomic mass is 9.96. The molecule has 0 fully saturated rings. The van der Waals surface area contributed by atoms with E-state index < -0.39 is 10.0 Å². The molecule has 0 aliphatic heterocycles. The van der Waals surface area contributed by atoms with Gasteiger partial charge in [-0.05, 0) is 36.8 Å². The van der Waals surface area contributed by atoms with Gasteiger partial charge < -0.3 is 0 Å². The van der Waals surface area contributed by atoms with Crippen LogP contribution in [0.25, 0.3) is 10.8 Å². The van der Waals surface area contributed by atoms with Crippen LogP contribution in [0.5, 0.6) is 0 Å². The van der Waals surface area contributed by atoms with Crippen molar-refractivity contribution in [2.45, 2.75) is 44.6 Å². The third-order valence-corrected chi connectivity index (χ3v) is 4.94. The Labute approximate surface area is 121 Å². The maximum atomic E-state index is 12.4. The highest BCUT2D eigenvalue weighted by molar-refractivity contribution is 7.89. The summed E-state index contributed by atoms with van der Waals surface area (Å²) in [7, 11) is -3.48. The van der Waals surface area contributed by atoms with Gasteiger partial charge in [0.1, 0.15) is 0 Å². The number of fused-ring (bicyclic) bond motifs is 1. The molecule has 0 amide bonds. The normalized spacial score (nSPS) is 12.5. The molecule has 1 N–H and O–H groups in total. The summed E-state index contributed by atoms with van der Waals surface area (Å²) in [6, 6.07) is 11.2. The highest BCUT2D eigenvalue weighted by Gasteiger charge is 2.19. The molecule has 0 aromatic heterocycles. The van der Waals surface area contributed by atoms with Gasteiger partial charge in [0, 0.05) is 11.4 Å². The Kier molecular flexibility index (Phi) is 4.16. The summed E-state index contributed by atoms with van der Waals surface area (Å²) in [5.41, 5.74) is 1.17. The van der Waals surface area contributed by atoms with Crippen LogP contribution in [0.4, 0.5) is 0 Å². The van der Waals surface area contributed by atoms with Crippen LogP contribution >= 0.6 is 0 Å². The van der Waals surface area contributed by atoms with E-state index in [1.807, 2.05) is 44.2 Å². The molecule has 0 atom stereocenters. The van der Waals surface area contributed by atoms with Gasteiger partial charge in [0.25, 0.3) is 0 Å². The van der Waals surface area contributed by atoms with Crippen LogP contribution in [-0.2, 0) is 10.0 Å². The van der Waals surface area contributed by atoms with Crippen molar-refractivity contribution < 1.29 is 8.42 Å². The SMILES string of the molecule is CC(C)NS(=O)(=O)c1ccc(C(C)C)c2ccccc12. The molecule has 0 aliphatic rings. The van der Waals surface area contributed by atoms with Crippen molar-refractivity contribution >= 4 is 20.8 Å². The van der Waals surface area contributed by atoms with E-state index in [1.54, 1.807) is 6.07 Å². The van der Waals surface area contributed by atoms with Gasteiger partial charge >= 0.3 is 0 Å². The predicted molar refractivity (Wildman–Crippen MR) is 83.5 cm³/mol. The number of hydrogen-bond donors (Lipinski definition) is 1. The van der Waals surface area contributed by atoms with Crippen LogP contribution < -0.4 is 4.72 Å². The molecule has 3 nitrogen and oxygen atoms in total. The molecule has 0 unspecified atom stereocenters. The largest absolute Gasteiger partial charge is 0.241 e. The summed E-state index contributed by atoms with van der Waals surface area (Å²) in [4.78, 5) is 0.353. The summed E-state index contributed by atoms with van der Waals surface area (Å²) < 4.78 is 27.5. The zero-order valence-corrected chi connectivity index (χ0v) is 13.2. The van der Waals surface area contributed by atoms with E-state index in [0.717, 1.165) is 10.8 Å². The van der Waals surface area contributed by atoms with Crippen LogP contribution in [0.2, 0.25) is 0 Å². The molecule has 0 aliphatic carbocycles. The summed E-state index contributed by atoms with van der Waals surface area (Å²) in [5.74, 6) is 0.356. The number of hydrogen-bond acceptors (Lipinski definition) is 2. The molecule has 20 heavy (non-hydrogen) atoms. The lowest BCUT2D eigenvalue weighted by molar-refractivity contribution is 0.570. The van der Waals surface area contributed by atoms with Gasteiger partial charge in [-0.3, -0.25) is 0 Å². The fraction of sp³-hybridized carbons (Fsp3) is 0.375. The highest BCUT2D eigenvalue weighted by atomic mass is 32.2. The minimum atomic E-state index is -3.48. The van der Waals surface area contributed by atoms with E-state index in [9.17, 15) is 8.42 Å². The van der Waals surface area contributed by atoms with Crippen molar-refractivity contribution in [1.82, 2.24) is 4.72 Å². The molecule has 0 heterocycles. The Balaban J connectivity index is 2.71. The first-order chi connectivity index (χ1) is 9.33. The van der Waals surface area contributed by atoms with Crippen LogP contribution in [0, 0.1) is 0 Å². The minimum Gasteiger partial charge on any atom is -0.209 e. The lowest BCUT2D eigenvalue weighted by Gasteiger charge is -2.15. The fourth-order valence-corrected chi connectivity index (χ4v) is 3.87. The van der Waals surface area contributed by atoms with Crippen molar-refractivity contribution in [3.05, 3.63) is 42.0 Å². The zero-order valence-electron chi connectivity index (χ0n) is 12.3. The Morgan fingerprint density at radius 3 is 2.05 bits per heavy atom. The average molecular weight is 291 g/mol. The molecule has 4 heteroatoms. The second kappa shape index (κ2) is 5.54. The Bertz CT molecular complexity index is 718. The van der Waals surface area contributed by atoms with Crippen molar-refractivity contribution in [2.75, 3.05) is 0 Å². The first-order valence-corrected chi connectivity index (χ1v) is 8.35. The second-order valence-electron chi connectivity index (χ2n) is 5.63. The van der Waals surface area contributed by atoms with E-state index in [0.29, 0.717) is 10.8 Å². The standard InChI is InChI=1S/C16H21NO2S/c1-11(2)13-9-10-16(20(18,19)17-12(3)4)15-8-6-5-7-14(13)15/h5-12,17H,1-4H3. The first-order valence-electron chi connectivity index (χ1n) is 6.87. The smallest absolute Gasteiger partial charge is 0.209 e. The monoisotopic (exact) mass is 291 g/mol. The van der Waals surface area contributed by atoms with Gasteiger partial charge in [0.05, 0.1) is 4.90 Å². The van der Waals surface area contributed by atoms with Crippen LogP contribution in [0.15, 0.2) is 41.3 Å². The number of nitrogens with one attached hydrogen (secondary N) is 1. The molecular weight excluding hydrogens is 270 g/mol. The van der Waals surface area contributed by atoms with Gasteiger partial charge in [-0.2, -0.15) is 0 Å². The van der Waals surface area contributed by atoms with Crippen molar-refractivity contribution in [3.8, 4) is 0 Å². The van der Waals surface area contributed by atoms with Crippen molar-refractivity contribution in [2.24, 2.45) is 0 Å². The molecule has 2 aromatic carbocycles. The maximum absolute atomic E-state index is 12.4. The molecule has 2 rings (SSSR count). The Morgan fingerprint density at radius 2 is 1.50 bits per heavy atom. The van der Waals surface area contributed by atoms with Gasteiger partial charge in [-0.15, -0.1) is 0 Å². The maximum Gasteiger partial charge on any atom is 0.241 e. The van der Waals surface area contributed by atoms with Crippen LogP contribution in [0.3, 0.4) is 0 Å². The molecular formula is C16H21NO2S. The average Bonchev–Trinajstić information content (AvgIpc) is 2.35. The molecule has 0 saturated carbocycles. The van der Waals surface area contributed by atoms with Gasteiger partial charge in [0.2, 0.25) is 10.0 Å². The van der Waals surface area contributed by atoms with E-state index in [1.165, 1.54) is 5.56 Å². The predicted octanol–water partition coefficient (Wildman–Crippen LogP) is 3.65. The second-order valence-corrected chi connectivity index (χ2v) is 7.31. The molecule has 0 radical (unpaired) electrons. The number of benzene rings is 2. The topological polar surface area (TPSA) is 46.2 Å². The van der Waals surface area contributed by atoms with Gasteiger partial charge in [-0.25, -0.2) is 13.1 Å². The first kappa shape index (κ1) is 15.0. The Hall–Kier alpha value is -1.39. The van der Waals surface area contributed by atoms with Gasteiger partial charge in [-0.1, -0.05) is 44.2 Å². The summed E-state index contributed by atoms with van der Waals surface area (Å²) in [5, 5.41) is 1.79. The quantitative estimate of drug-likeness (QED) is 0.934. The number of sulfonamides is 1. The van der Waals surface area contributed by atoms with E-state index in [2.05, 4.69) is 18.6 Å². The van der Waals surface area contributed by atoms with E-state index >= 15 is 0 Å². The molecule has 0 saturated heterocycles. The fourth-order valence-electron chi connectivity index (χ4n) is 2.41. The van der Waals surface area contributed by atoms with Crippen LogP contribution in [0.1, 0.15) is 39.2 Å². The summed E-state index contributed by atoms with van der Waals surface area (Å²) in [6.45, 7) is 7.87. The minimum absolute atomic E-state index is 0.122. The van der Waals surface area contributed by atoms with Gasteiger partial charge in [0.15, 0.2) is 0 Å². The molecule has 0 spiro atoms. The van der Waals surface area contributed by atoms with E-state index in [4.69, 9.17) is 0 Å². The Morgan fingerprint density at radius 1 is 0.900 bits per heavy atom. The summed E-state index contributed by atoms with van der Waals surface area (Å²) in [6.07, 6.45) is 0. The molecule has 2 aromatic rings. The molecule has 108 valence electrons. The highest BCUT2D eigenvalue weighted by Crippen LogP contribution is 2.30. The molecule has 0 bridgehead atoms. The third kappa shape index (κ3) is 2.86. The lowest BCUT2D eigenvalue weighted by Crippen LogP contribution is -2.30. The number of rotatable bonds is 4. The summed E-state index contributed by atoms with van der Waals surface area (Å²) >= 11 is 0. The zero-order chi connectivity index (χ0) is 14.9. The van der Waals surface area contributed by atoms with Crippen molar-refractivity contribution in [1.29, 1.82) is 0 Å².